The minimum Gasteiger partial charge on any atom is -0.332 e. The highest BCUT2D eigenvalue weighted by molar-refractivity contribution is 7.98. The van der Waals surface area contributed by atoms with E-state index in [0.717, 1.165) is 27.4 Å². The van der Waals surface area contributed by atoms with Crippen molar-refractivity contribution in [3.63, 3.8) is 0 Å². The average molecular weight is 487 g/mol. The Kier molecular flexibility index (Phi) is 7.57. The molecule has 4 rings (SSSR count). The number of aryl methyl sites for hydroxylation is 2. The second-order valence-electron chi connectivity index (χ2n) is 8.10. The molecule has 2 amide bonds. The lowest BCUT2D eigenvalue weighted by Gasteiger charge is -2.19. The number of carbonyl (C=O) groups excluding carboxylic acids is 2. The van der Waals surface area contributed by atoms with Crippen molar-refractivity contribution in [1.29, 1.82) is 0 Å². The largest absolute Gasteiger partial charge is 0.332 e. The molecule has 35 heavy (non-hydrogen) atoms. The Hall–Kier alpha value is -3.98. The molecule has 0 saturated carbocycles. The van der Waals surface area contributed by atoms with Gasteiger partial charge in [-0.25, -0.2) is 0 Å². The third-order valence-electron chi connectivity index (χ3n) is 5.48. The summed E-state index contributed by atoms with van der Waals surface area (Å²) in [5.74, 6) is 0.672. The fourth-order valence-corrected chi connectivity index (χ4v) is 4.61. The van der Waals surface area contributed by atoms with Gasteiger partial charge in [0.05, 0.1) is 23.5 Å². The first-order chi connectivity index (χ1) is 16.9. The van der Waals surface area contributed by atoms with Crippen molar-refractivity contribution in [2.24, 2.45) is 0 Å². The fourth-order valence-electron chi connectivity index (χ4n) is 3.66. The zero-order valence-electron chi connectivity index (χ0n) is 19.8. The second-order valence-corrected chi connectivity index (χ2v) is 9.12. The van der Waals surface area contributed by atoms with Crippen LogP contribution in [0.3, 0.4) is 0 Å². The highest BCUT2D eigenvalue weighted by atomic mass is 32.2. The number of nitrogens with one attached hydrogen (secondary N) is 1. The second kappa shape index (κ2) is 11.0. The number of nitrogens with zero attached hydrogens (tertiary/aromatic N) is 5. The first-order valence-corrected chi connectivity index (χ1v) is 12.1. The van der Waals surface area contributed by atoms with Gasteiger partial charge in [-0.2, -0.15) is 4.68 Å². The van der Waals surface area contributed by atoms with E-state index in [2.05, 4.69) is 20.8 Å². The lowest BCUT2D eigenvalue weighted by atomic mass is 10.1. The molecule has 0 aliphatic carbocycles. The van der Waals surface area contributed by atoms with Crippen molar-refractivity contribution in [2.45, 2.75) is 24.5 Å². The van der Waals surface area contributed by atoms with E-state index in [0.29, 0.717) is 17.1 Å². The van der Waals surface area contributed by atoms with Crippen LogP contribution >= 0.6 is 11.8 Å². The van der Waals surface area contributed by atoms with Gasteiger partial charge >= 0.3 is 0 Å². The molecule has 0 radical (unpaired) electrons. The summed E-state index contributed by atoms with van der Waals surface area (Å²) in [5.41, 5.74) is 4.13. The Labute approximate surface area is 208 Å². The maximum atomic E-state index is 13.2. The molecule has 1 heterocycles. The van der Waals surface area contributed by atoms with Crippen LogP contribution in [0.15, 0.2) is 77.7 Å². The van der Waals surface area contributed by atoms with E-state index >= 15 is 0 Å². The fraction of sp³-hybridized carbons (Fsp3) is 0.192. The Morgan fingerprint density at radius 3 is 2.37 bits per heavy atom. The van der Waals surface area contributed by atoms with Crippen LogP contribution < -0.4 is 5.32 Å². The van der Waals surface area contributed by atoms with Gasteiger partial charge in [-0.15, -0.1) is 16.9 Å². The lowest BCUT2D eigenvalue weighted by Crippen LogP contribution is -2.35. The molecule has 3 aromatic carbocycles. The molecule has 0 fully saturated rings. The average Bonchev–Trinajstić information content (AvgIpc) is 3.34. The van der Waals surface area contributed by atoms with Crippen molar-refractivity contribution in [3.8, 4) is 5.69 Å². The molecule has 0 aliphatic rings. The van der Waals surface area contributed by atoms with E-state index in [9.17, 15) is 9.59 Å². The molecule has 4 aromatic rings. The summed E-state index contributed by atoms with van der Waals surface area (Å²) >= 11 is 1.47. The number of anilines is 1. The van der Waals surface area contributed by atoms with Gasteiger partial charge in [-0.3, -0.25) is 9.59 Å². The first-order valence-electron chi connectivity index (χ1n) is 11.1. The quantitative estimate of drug-likeness (QED) is 0.374. The summed E-state index contributed by atoms with van der Waals surface area (Å²) in [6, 6.07) is 22.8. The lowest BCUT2D eigenvalue weighted by molar-refractivity contribution is -0.116. The van der Waals surface area contributed by atoms with Crippen LogP contribution in [0.5, 0.6) is 0 Å². The molecule has 1 aromatic heterocycles. The summed E-state index contributed by atoms with van der Waals surface area (Å²) in [4.78, 5) is 28.1. The molecular formula is C26H26N6O2S. The van der Waals surface area contributed by atoms with E-state index in [1.807, 2.05) is 80.6 Å². The Morgan fingerprint density at radius 2 is 1.63 bits per heavy atom. The Bertz CT molecular complexity index is 1320. The molecule has 0 spiro atoms. The molecule has 0 saturated heterocycles. The third kappa shape index (κ3) is 5.75. The van der Waals surface area contributed by atoms with Crippen LogP contribution in [0.25, 0.3) is 5.69 Å². The van der Waals surface area contributed by atoms with Crippen molar-refractivity contribution < 1.29 is 9.59 Å². The van der Waals surface area contributed by atoms with Gasteiger partial charge in [0.25, 0.3) is 5.91 Å². The predicted molar refractivity (Wildman–Crippen MR) is 137 cm³/mol. The van der Waals surface area contributed by atoms with Crippen LogP contribution in [0, 0.1) is 13.8 Å². The number of rotatable bonds is 8. The minimum absolute atomic E-state index is 0.0577. The van der Waals surface area contributed by atoms with Crippen LogP contribution in [-0.2, 0) is 10.5 Å². The molecule has 0 aliphatic heterocycles. The van der Waals surface area contributed by atoms with Crippen LogP contribution in [0.1, 0.15) is 27.3 Å². The summed E-state index contributed by atoms with van der Waals surface area (Å²) in [6.45, 7) is 3.83. The molecule has 0 bridgehead atoms. The number of carbonyl (C=O) groups is 2. The van der Waals surface area contributed by atoms with Gasteiger partial charge in [0, 0.05) is 17.6 Å². The van der Waals surface area contributed by atoms with Gasteiger partial charge in [-0.1, -0.05) is 48.5 Å². The van der Waals surface area contributed by atoms with E-state index in [1.54, 1.807) is 17.8 Å². The van der Waals surface area contributed by atoms with Gasteiger partial charge in [0.15, 0.2) is 5.82 Å². The number of likely N-dealkylation sites (N-methyl/N-ethyl adjacent to an activating group) is 1. The van der Waals surface area contributed by atoms with Gasteiger partial charge < -0.3 is 10.2 Å². The van der Waals surface area contributed by atoms with Crippen LogP contribution in [0.2, 0.25) is 0 Å². The molecule has 8 nitrogen and oxygen atoms in total. The van der Waals surface area contributed by atoms with Crippen molar-refractivity contribution >= 4 is 29.3 Å². The third-order valence-corrected chi connectivity index (χ3v) is 6.55. The molecular weight excluding hydrogens is 460 g/mol. The SMILES string of the molecule is Cc1cccc(C)c1NC(=O)CN(C)C(=O)c1ccccc1SCc1nnnn1-c1ccccc1. The smallest absolute Gasteiger partial charge is 0.255 e. The maximum Gasteiger partial charge on any atom is 0.255 e. The summed E-state index contributed by atoms with van der Waals surface area (Å²) in [7, 11) is 1.63. The molecule has 178 valence electrons. The van der Waals surface area contributed by atoms with E-state index in [-0.39, 0.29) is 18.4 Å². The monoisotopic (exact) mass is 486 g/mol. The number of amides is 2. The highest BCUT2D eigenvalue weighted by Gasteiger charge is 2.19. The Balaban J connectivity index is 1.44. The van der Waals surface area contributed by atoms with Crippen molar-refractivity contribution in [3.05, 3.63) is 95.3 Å². The number of thioether (sulfide) groups is 1. The highest BCUT2D eigenvalue weighted by Crippen LogP contribution is 2.27. The summed E-state index contributed by atoms with van der Waals surface area (Å²) < 4.78 is 1.68. The van der Waals surface area contributed by atoms with Crippen molar-refractivity contribution in [1.82, 2.24) is 25.1 Å². The standard InChI is InChI=1S/C26H26N6O2S/c1-18-10-9-11-19(2)25(18)27-24(33)16-31(3)26(34)21-14-7-8-15-22(21)35-17-23-28-29-30-32(23)20-12-5-4-6-13-20/h4-15H,16-17H2,1-3H3,(H,27,33). The van der Waals surface area contributed by atoms with Crippen LogP contribution in [0.4, 0.5) is 5.69 Å². The zero-order valence-corrected chi connectivity index (χ0v) is 20.6. The van der Waals surface area contributed by atoms with E-state index in [1.165, 1.54) is 16.7 Å². The predicted octanol–water partition coefficient (Wildman–Crippen LogP) is 4.28. The molecule has 0 atom stereocenters. The van der Waals surface area contributed by atoms with Gasteiger partial charge in [-0.05, 0) is 59.7 Å². The molecule has 0 unspecified atom stereocenters. The minimum atomic E-state index is -0.245. The summed E-state index contributed by atoms with van der Waals surface area (Å²) in [5, 5.41) is 15.0. The Morgan fingerprint density at radius 1 is 0.943 bits per heavy atom. The van der Waals surface area contributed by atoms with Crippen molar-refractivity contribution in [2.75, 3.05) is 18.9 Å². The van der Waals surface area contributed by atoms with E-state index < -0.39 is 0 Å². The number of tetrazole rings is 1. The summed E-state index contributed by atoms with van der Waals surface area (Å²) in [6.07, 6.45) is 0. The normalized spacial score (nSPS) is 10.7. The number of benzene rings is 3. The number of para-hydroxylation sites is 2. The number of aromatic nitrogens is 4. The zero-order chi connectivity index (χ0) is 24.8. The molecule has 1 N–H and O–H groups in total. The maximum absolute atomic E-state index is 13.2. The first kappa shape index (κ1) is 24.2. The van der Waals surface area contributed by atoms with Gasteiger partial charge in [0.2, 0.25) is 5.91 Å². The number of hydrogen-bond acceptors (Lipinski definition) is 6. The van der Waals surface area contributed by atoms with E-state index in [4.69, 9.17) is 0 Å². The topological polar surface area (TPSA) is 93.0 Å². The van der Waals surface area contributed by atoms with Crippen LogP contribution in [-0.4, -0.2) is 50.5 Å². The number of hydrogen-bond donors (Lipinski definition) is 1. The van der Waals surface area contributed by atoms with Gasteiger partial charge in [0.1, 0.15) is 0 Å². The molecule has 9 heteroatoms.